The molecule has 102 valence electrons. The van der Waals surface area contributed by atoms with Crippen molar-refractivity contribution < 1.29 is 29.7 Å². The van der Waals surface area contributed by atoms with Crippen molar-refractivity contribution >= 4 is 18.0 Å². The molecule has 18 heavy (non-hydrogen) atoms. The highest BCUT2D eigenvalue weighted by Gasteiger charge is 2.27. The molecule has 0 aliphatic carbocycles. The molecule has 8 heteroatoms. The van der Waals surface area contributed by atoms with Crippen molar-refractivity contribution in [3.63, 3.8) is 0 Å². The Balaban J connectivity index is 2.54. The molecule has 1 rings (SSSR count). The van der Waals surface area contributed by atoms with Gasteiger partial charge in [-0.2, -0.15) is 0 Å². The number of urea groups is 1. The quantitative estimate of drug-likeness (QED) is 0.517. The molecule has 1 saturated heterocycles. The number of carboxylic acid groups (broad SMARTS) is 2. The van der Waals surface area contributed by atoms with Crippen LogP contribution in [-0.2, 0) is 9.59 Å². The highest BCUT2D eigenvalue weighted by atomic mass is 16.4. The summed E-state index contributed by atoms with van der Waals surface area (Å²) in [5.74, 6) is -2.70. The largest absolute Gasteiger partial charge is 0.481 e. The van der Waals surface area contributed by atoms with Crippen molar-refractivity contribution in [2.75, 3.05) is 13.1 Å². The van der Waals surface area contributed by atoms with E-state index in [-0.39, 0.29) is 6.54 Å². The van der Waals surface area contributed by atoms with Gasteiger partial charge in [0.1, 0.15) is 6.04 Å². The zero-order chi connectivity index (χ0) is 13.7. The zero-order valence-corrected chi connectivity index (χ0v) is 9.70. The molecule has 0 radical (unpaired) electrons. The van der Waals surface area contributed by atoms with E-state index < -0.39 is 36.5 Å². The molecule has 1 fully saturated rings. The second kappa shape index (κ2) is 6.20. The number of hydrogen-bond acceptors (Lipinski definition) is 4. The molecule has 0 aromatic carbocycles. The molecule has 0 aromatic rings. The number of carbonyl (C=O) groups is 3. The van der Waals surface area contributed by atoms with E-state index in [1.165, 1.54) is 4.90 Å². The Morgan fingerprint density at radius 2 is 2.00 bits per heavy atom. The maximum absolute atomic E-state index is 11.7. The van der Waals surface area contributed by atoms with Crippen LogP contribution in [-0.4, -0.2) is 63.4 Å². The van der Waals surface area contributed by atoms with Gasteiger partial charge >= 0.3 is 18.0 Å². The number of aliphatic hydroxyl groups is 1. The van der Waals surface area contributed by atoms with Crippen LogP contribution >= 0.6 is 0 Å². The number of hydrogen-bond donors (Lipinski definition) is 4. The summed E-state index contributed by atoms with van der Waals surface area (Å²) in [6.45, 7) is 0.549. The van der Waals surface area contributed by atoms with E-state index in [0.29, 0.717) is 19.4 Å². The lowest BCUT2D eigenvalue weighted by atomic mass is 10.1. The van der Waals surface area contributed by atoms with Gasteiger partial charge in [0.15, 0.2) is 0 Å². The molecule has 4 N–H and O–H groups in total. The van der Waals surface area contributed by atoms with Crippen LogP contribution in [0, 0.1) is 0 Å². The average Bonchev–Trinajstić information content (AvgIpc) is 2.27. The molecule has 1 heterocycles. The molecule has 1 aliphatic heterocycles. The third kappa shape index (κ3) is 4.21. The number of aliphatic hydroxyl groups excluding tert-OH is 1. The van der Waals surface area contributed by atoms with E-state index in [2.05, 4.69) is 5.32 Å². The van der Waals surface area contributed by atoms with Gasteiger partial charge in [-0.15, -0.1) is 0 Å². The fourth-order valence-electron chi connectivity index (χ4n) is 1.75. The van der Waals surface area contributed by atoms with E-state index in [4.69, 9.17) is 10.2 Å². The van der Waals surface area contributed by atoms with E-state index in [1.807, 2.05) is 0 Å². The Morgan fingerprint density at radius 3 is 2.50 bits per heavy atom. The summed E-state index contributed by atoms with van der Waals surface area (Å²) < 4.78 is 0. The zero-order valence-electron chi connectivity index (χ0n) is 9.70. The molecule has 2 amide bonds. The first kappa shape index (κ1) is 14.2. The summed E-state index contributed by atoms with van der Waals surface area (Å²) in [6, 6.07) is -2.13. The van der Waals surface area contributed by atoms with Crippen LogP contribution in [0.5, 0.6) is 0 Å². The predicted octanol–water partition coefficient (Wildman–Crippen LogP) is -0.919. The molecular weight excluding hydrogens is 244 g/mol. The minimum Gasteiger partial charge on any atom is -0.481 e. The predicted molar refractivity (Wildman–Crippen MR) is 59.0 cm³/mol. The minimum atomic E-state index is -1.46. The fraction of sp³-hybridized carbons (Fsp3) is 0.700. The summed E-state index contributed by atoms with van der Waals surface area (Å²) in [4.78, 5) is 34.2. The Morgan fingerprint density at radius 1 is 1.33 bits per heavy atom. The van der Waals surface area contributed by atoms with Gasteiger partial charge in [-0.25, -0.2) is 9.59 Å². The Labute approximate surface area is 103 Å². The minimum absolute atomic E-state index is 0.130. The molecule has 0 spiro atoms. The number of carbonyl (C=O) groups excluding carboxylic acids is 1. The van der Waals surface area contributed by atoms with Crippen molar-refractivity contribution in [1.29, 1.82) is 0 Å². The Bertz CT molecular complexity index is 345. The molecule has 1 unspecified atom stereocenters. The van der Waals surface area contributed by atoms with Gasteiger partial charge < -0.3 is 25.5 Å². The summed E-state index contributed by atoms with van der Waals surface area (Å²) in [5, 5.41) is 28.8. The maximum atomic E-state index is 11.7. The summed E-state index contributed by atoms with van der Waals surface area (Å²) in [5.41, 5.74) is 0. The van der Waals surface area contributed by atoms with Crippen LogP contribution < -0.4 is 5.32 Å². The number of amides is 2. The van der Waals surface area contributed by atoms with E-state index in [1.54, 1.807) is 0 Å². The lowest BCUT2D eigenvalue weighted by Gasteiger charge is -2.30. The monoisotopic (exact) mass is 260 g/mol. The Hall–Kier alpha value is -1.83. The first-order valence-corrected chi connectivity index (χ1v) is 5.58. The second-order valence-corrected chi connectivity index (χ2v) is 4.18. The summed E-state index contributed by atoms with van der Waals surface area (Å²) >= 11 is 0. The molecule has 0 bridgehead atoms. The molecule has 1 aliphatic rings. The smallest absolute Gasteiger partial charge is 0.326 e. The van der Waals surface area contributed by atoms with Crippen LogP contribution in [0.2, 0.25) is 0 Å². The number of aliphatic carboxylic acids is 2. The number of rotatable bonds is 4. The van der Waals surface area contributed by atoms with Crippen LogP contribution in [0.15, 0.2) is 0 Å². The highest BCUT2D eigenvalue weighted by Crippen LogP contribution is 2.10. The average molecular weight is 260 g/mol. The first-order chi connectivity index (χ1) is 8.40. The number of likely N-dealkylation sites (tertiary alicyclic amines) is 1. The summed E-state index contributed by atoms with van der Waals surface area (Å²) in [6.07, 6.45) is -0.0727. The van der Waals surface area contributed by atoms with Gasteiger partial charge in [-0.1, -0.05) is 0 Å². The lowest BCUT2D eigenvalue weighted by Crippen LogP contribution is -2.52. The fourth-order valence-corrected chi connectivity index (χ4v) is 1.75. The standard InChI is InChI=1S/C10H16N2O6/c13-6-2-1-3-12(5-6)10(18)11-7(9(16)17)4-8(14)15/h6-7,13H,1-5H2,(H,11,18)(H,14,15)(H,16,17)/t6?,7-/m1/s1. The molecule has 0 aromatic heterocycles. The molecule has 2 atom stereocenters. The van der Waals surface area contributed by atoms with Gasteiger partial charge in [0, 0.05) is 13.1 Å². The first-order valence-electron chi connectivity index (χ1n) is 5.58. The van der Waals surface area contributed by atoms with Gasteiger partial charge in [0.25, 0.3) is 0 Å². The van der Waals surface area contributed by atoms with E-state index in [0.717, 1.165) is 0 Å². The SMILES string of the molecule is O=C(O)C[C@@H](NC(=O)N1CCCC(O)C1)C(=O)O. The lowest BCUT2D eigenvalue weighted by molar-refractivity contribution is -0.145. The molecule has 0 saturated carbocycles. The van der Waals surface area contributed by atoms with Crippen LogP contribution in [0.3, 0.4) is 0 Å². The topological polar surface area (TPSA) is 127 Å². The van der Waals surface area contributed by atoms with E-state index in [9.17, 15) is 19.5 Å². The third-order valence-electron chi connectivity index (χ3n) is 2.66. The van der Waals surface area contributed by atoms with Gasteiger partial charge in [0.2, 0.25) is 0 Å². The number of nitrogens with zero attached hydrogens (tertiary/aromatic N) is 1. The number of nitrogens with one attached hydrogen (secondary N) is 1. The number of piperidine rings is 1. The second-order valence-electron chi connectivity index (χ2n) is 4.18. The van der Waals surface area contributed by atoms with Gasteiger partial charge in [0.05, 0.1) is 12.5 Å². The van der Waals surface area contributed by atoms with Gasteiger partial charge in [-0.3, -0.25) is 4.79 Å². The molecule has 8 nitrogen and oxygen atoms in total. The van der Waals surface area contributed by atoms with E-state index >= 15 is 0 Å². The van der Waals surface area contributed by atoms with Crippen LogP contribution in [0.1, 0.15) is 19.3 Å². The molecular formula is C10H16N2O6. The van der Waals surface area contributed by atoms with Crippen molar-refractivity contribution in [2.24, 2.45) is 0 Å². The maximum Gasteiger partial charge on any atom is 0.326 e. The van der Waals surface area contributed by atoms with Crippen molar-refractivity contribution in [2.45, 2.75) is 31.4 Å². The van der Waals surface area contributed by atoms with Gasteiger partial charge in [-0.05, 0) is 12.8 Å². The van der Waals surface area contributed by atoms with Crippen molar-refractivity contribution in [1.82, 2.24) is 10.2 Å². The van der Waals surface area contributed by atoms with Crippen molar-refractivity contribution in [3.8, 4) is 0 Å². The normalized spacial score (nSPS) is 21.2. The van der Waals surface area contributed by atoms with Crippen LogP contribution in [0.25, 0.3) is 0 Å². The Kier molecular flexibility index (Phi) is 4.90. The third-order valence-corrected chi connectivity index (χ3v) is 2.66. The number of carboxylic acids is 2. The number of β-amino-alcohol motifs (C(OH)–C–C–N with tert-alkyl or cyclic N) is 1. The highest BCUT2D eigenvalue weighted by molar-refractivity contribution is 5.86. The van der Waals surface area contributed by atoms with Crippen molar-refractivity contribution in [3.05, 3.63) is 0 Å². The van der Waals surface area contributed by atoms with Crippen LogP contribution in [0.4, 0.5) is 4.79 Å². The summed E-state index contributed by atoms with van der Waals surface area (Å²) in [7, 11) is 0.